The number of benzene rings is 1. The van der Waals surface area contributed by atoms with Gasteiger partial charge in [-0.05, 0) is 37.1 Å². The summed E-state index contributed by atoms with van der Waals surface area (Å²) in [6.45, 7) is 9.19. The van der Waals surface area contributed by atoms with Crippen LogP contribution in [0.25, 0.3) is 0 Å². The van der Waals surface area contributed by atoms with E-state index in [4.69, 9.17) is 0 Å². The SMILES string of the molecule is Cc1cc(C)cc(NC(=O)C[NH+]2CC[NH+](C)CC2)c1. The molecule has 1 heterocycles. The summed E-state index contributed by atoms with van der Waals surface area (Å²) < 4.78 is 0. The van der Waals surface area contributed by atoms with Crippen molar-refractivity contribution in [3.8, 4) is 0 Å². The lowest BCUT2D eigenvalue weighted by Crippen LogP contribution is -3.27. The standard InChI is InChI=1S/C15H23N3O/c1-12-8-13(2)10-14(9-12)16-15(19)11-18-6-4-17(3)5-7-18/h8-10H,4-7,11H2,1-3H3,(H,16,19)/p+2. The van der Waals surface area contributed by atoms with Gasteiger partial charge in [-0.3, -0.25) is 4.79 Å². The molecule has 19 heavy (non-hydrogen) atoms. The first kappa shape index (κ1) is 14.0. The number of rotatable bonds is 3. The highest BCUT2D eigenvalue weighted by atomic mass is 16.2. The van der Waals surface area contributed by atoms with Crippen LogP contribution >= 0.6 is 0 Å². The second kappa shape index (κ2) is 6.17. The van der Waals surface area contributed by atoms with E-state index >= 15 is 0 Å². The summed E-state index contributed by atoms with van der Waals surface area (Å²) in [6.07, 6.45) is 0. The van der Waals surface area contributed by atoms with Gasteiger partial charge in [0.05, 0.1) is 7.05 Å². The number of carbonyl (C=O) groups excluding carboxylic acids is 1. The van der Waals surface area contributed by atoms with Crippen molar-refractivity contribution in [1.82, 2.24) is 0 Å². The normalized spacial score (nSPS) is 23.1. The molecule has 0 spiro atoms. The Morgan fingerprint density at radius 2 is 1.68 bits per heavy atom. The predicted molar refractivity (Wildman–Crippen MR) is 76.7 cm³/mol. The molecule has 1 aliphatic rings. The average molecular weight is 263 g/mol. The van der Waals surface area contributed by atoms with E-state index in [0.29, 0.717) is 6.54 Å². The van der Waals surface area contributed by atoms with Crippen LogP contribution in [-0.2, 0) is 4.79 Å². The number of hydrogen-bond acceptors (Lipinski definition) is 1. The van der Waals surface area contributed by atoms with Gasteiger partial charge in [0.1, 0.15) is 26.2 Å². The Bertz CT molecular complexity index is 430. The van der Waals surface area contributed by atoms with E-state index in [1.807, 2.05) is 12.1 Å². The molecule has 4 heteroatoms. The fraction of sp³-hybridized carbons (Fsp3) is 0.533. The fourth-order valence-corrected chi connectivity index (χ4v) is 2.69. The highest BCUT2D eigenvalue weighted by Crippen LogP contribution is 2.13. The van der Waals surface area contributed by atoms with Gasteiger partial charge in [-0.1, -0.05) is 6.07 Å². The molecule has 2 rings (SSSR count). The molecular weight excluding hydrogens is 238 g/mol. The van der Waals surface area contributed by atoms with Crippen LogP contribution in [0.15, 0.2) is 18.2 Å². The molecule has 0 saturated carbocycles. The smallest absolute Gasteiger partial charge is 0.279 e. The molecule has 0 bridgehead atoms. The molecule has 0 atom stereocenters. The van der Waals surface area contributed by atoms with Crippen molar-refractivity contribution < 1.29 is 14.6 Å². The van der Waals surface area contributed by atoms with Gasteiger partial charge < -0.3 is 15.1 Å². The number of nitrogens with one attached hydrogen (secondary N) is 3. The van der Waals surface area contributed by atoms with Gasteiger partial charge in [0.25, 0.3) is 5.91 Å². The molecular formula is C15H25N3O+2. The van der Waals surface area contributed by atoms with Gasteiger partial charge in [0.2, 0.25) is 0 Å². The lowest BCUT2D eigenvalue weighted by atomic mass is 10.1. The quantitative estimate of drug-likeness (QED) is 0.620. The maximum absolute atomic E-state index is 12.0. The van der Waals surface area contributed by atoms with E-state index in [1.54, 1.807) is 4.90 Å². The first-order valence-corrected chi connectivity index (χ1v) is 7.06. The molecule has 0 aliphatic carbocycles. The van der Waals surface area contributed by atoms with E-state index in [0.717, 1.165) is 31.9 Å². The van der Waals surface area contributed by atoms with Gasteiger partial charge >= 0.3 is 0 Å². The maximum atomic E-state index is 12.0. The zero-order chi connectivity index (χ0) is 13.8. The Balaban J connectivity index is 1.87. The number of hydrogen-bond donors (Lipinski definition) is 3. The average Bonchev–Trinajstić information content (AvgIpc) is 2.30. The van der Waals surface area contributed by atoms with Gasteiger partial charge in [0.15, 0.2) is 6.54 Å². The van der Waals surface area contributed by atoms with Crippen LogP contribution in [-0.4, -0.2) is 45.7 Å². The minimum absolute atomic E-state index is 0.125. The zero-order valence-corrected chi connectivity index (χ0v) is 12.2. The number of amides is 1. The minimum Gasteiger partial charge on any atom is -0.328 e. The summed E-state index contributed by atoms with van der Waals surface area (Å²) in [6, 6.07) is 6.16. The monoisotopic (exact) mass is 263 g/mol. The second-order valence-corrected chi connectivity index (χ2v) is 5.81. The van der Waals surface area contributed by atoms with Crippen LogP contribution in [0.1, 0.15) is 11.1 Å². The third-order valence-electron chi connectivity index (χ3n) is 3.73. The highest BCUT2D eigenvalue weighted by molar-refractivity contribution is 5.91. The summed E-state index contributed by atoms with van der Waals surface area (Å²) in [4.78, 5) is 15.0. The Morgan fingerprint density at radius 3 is 2.26 bits per heavy atom. The van der Waals surface area contributed by atoms with Gasteiger partial charge in [-0.15, -0.1) is 0 Å². The predicted octanol–water partition coefficient (Wildman–Crippen LogP) is -1.34. The summed E-state index contributed by atoms with van der Waals surface area (Å²) >= 11 is 0. The largest absolute Gasteiger partial charge is 0.328 e. The minimum atomic E-state index is 0.125. The summed E-state index contributed by atoms with van der Waals surface area (Å²) in [5.41, 5.74) is 3.29. The Hall–Kier alpha value is -1.39. The molecule has 0 unspecified atom stereocenters. The number of aryl methyl sites for hydroxylation is 2. The number of piperazine rings is 1. The van der Waals surface area contributed by atoms with Crippen LogP contribution in [0, 0.1) is 13.8 Å². The van der Waals surface area contributed by atoms with Crippen LogP contribution in [0.3, 0.4) is 0 Å². The van der Waals surface area contributed by atoms with Crippen LogP contribution in [0.5, 0.6) is 0 Å². The first-order chi connectivity index (χ1) is 9.02. The fourth-order valence-electron chi connectivity index (χ4n) is 2.69. The molecule has 3 N–H and O–H groups in total. The van der Waals surface area contributed by atoms with Crippen molar-refractivity contribution in [1.29, 1.82) is 0 Å². The molecule has 104 valence electrons. The van der Waals surface area contributed by atoms with E-state index in [1.165, 1.54) is 16.0 Å². The molecule has 0 aromatic heterocycles. The van der Waals surface area contributed by atoms with E-state index in [-0.39, 0.29) is 5.91 Å². The number of likely N-dealkylation sites (N-methyl/N-ethyl adjacent to an activating group) is 1. The van der Waals surface area contributed by atoms with Crippen molar-refractivity contribution >= 4 is 11.6 Å². The van der Waals surface area contributed by atoms with Gasteiger partial charge in [-0.2, -0.15) is 0 Å². The maximum Gasteiger partial charge on any atom is 0.279 e. The first-order valence-electron chi connectivity index (χ1n) is 7.06. The van der Waals surface area contributed by atoms with Crippen molar-refractivity contribution in [3.05, 3.63) is 29.3 Å². The molecule has 1 saturated heterocycles. The van der Waals surface area contributed by atoms with E-state index in [9.17, 15) is 4.79 Å². The van der Waals surface area contributed by atoms with Crippen molar-refractivity contribution in [2.75, 3.05) is 45.1 Å². The lowest BCUT2D eigenvalue weighted by Gasteiger charge is -2.26. The molecule has 1 aromatic rings. The van der Waals surface area contributed by atoms with Gasteiger partial charge in [0, 0.05) is 5.69 Å². The van der Waals surface area contributed by atoms with Crippen molar-refractivity contribution in [3.63, 3.8) is 0 Å². The van der Waals surface area contributed by atoms with Gasteiger partial charge in [-0.25, -0.2) is 0 Å². The summed E-state index contributed by atoms with van der Waals surface area (Å²) in [5, 5.41) is 3.02. The Kier molecular flexibility index (Phi) is 4.56. The third kappa shape index (κ3) is 4.33. The third-order valence-corrected chi connectivity index (χ3v) is 3.73. The van der Waals surface area contributed by atoms with E-state index in [2.05, 4.69) is 32.3 Å². The van der Waals surface area contributed by atoms with Crippen molar-refractivity contribution in [2.24, 2.45) is 0 Å². The van der Waals surface area contributed by atoms with Crippen LogP contribution < -0.4 is 15.1 Å². The lowest BCUT2D eigenvalue weighted by molar-refractivity contribution is -0.999. The Labute approximate surface area is 115 Å². The Morgan fingerprint density at radius 1 is 1.11 bits per heavy atom. The number of anilines is 1. The number of quaternary nitrogens is 2. The molecule has 1 aliphatic heterocycles. The number of carbonyl (C=O) groups is 1. The summed E-state index contributed by atoms with van der Waals surface area (Å²) in [5.74, 6) is 0.125. The van der Waals surface area contributed by atoms with Crippen molar-refractivity contribution in [2.45, 2.75) is 13.8 Å². The molecule has 1 amide bonds. The zero-order valence-electron chi connectivity index (χ0n) is 12.2. The molecule has 4 nitrogen and oxygen atoms in total. The van der Waals surface area contributed by atoms with Crippen LogP contribution in [0.2, 0.25) is 0 Å². The van der Waals surface area contributed by atoms with Crippen LogP contribution in [0.4, 0.5) is 5.69 Å². The topological polar surface area (TPSA) is 38.0 Å². The second-order valence-electron chi connectivity index (χ2n) is 5.81. The molecule has 1 aromatic carbocycles. The summed E-state index contributed by atoms with van der Waals surface area (Å²) in [7, 11) is 2.21. The molecule has 1 fully saturated rings. The van der Waals surface area contributed by atoms with E-state index < -0.39 is 0 Å². The molecule has 0 radical (unpaired) electrons. The highest BCUT2D eigenvalue weighted by Gasteiger charge is 2.22.